The molecule has 1 aliphatic rings. The van der Waals surface area contributed by atoms with Gasteiger partial charge in [-0.25, -0.2) is 12.8 Å². The molecule has 5 nitrogen and oxygen atoms in total. The topological polar surface area (TPSA) is 82.0 Å². The highest BCUT2D eigenvalue weighted by Crippen LogP contribution is 2.44. The van der Waals surface area contributed by atoms with E-state index in [0.29, 0.717) is 11.3 Å². The third-order valence-corrected chi connectivity index (χ3v) is 6.98. The Bertz CT molecular complexity index is 1280. The van der Waals surface area contributed by atoms with E-state index < -0.39 is 15.8 Å². The van der Waals surface area contributed by atoms with Crippen molar-refractivity contribution in [1.29, 1.82) is 5.26 Å². The van der Waals surface area contributed by atoms with Gasteiger partial charge in [-0.15, -0.1) is 0 Å². The standard InChI is InChI=1S/C24H22FN3O2S/c1-24(2)14-23(27-22-11-6-16(15-26)12-21(22)24)17-4-3-5-19(13-17)28-31(29,30)20-9-7-18(25)8-10-20/h3-13,23,27-28H,14H2,1-2H3. The normalized spacial score (nSPS) is 17.2. The predicted molar refractivity (Wildman–Crippen MR) is 119 cm³/mol. The molecule has 0 amide bonds. The third-order valence-electron chi connectivity index (χ3n) is 5.59. The average Bonchev–Trinajstić information content (AvgIpc) is 2.73. The van der Waals surface area contributed by atoms with E-state index in [9.17, 15) is 18.1 Å². The van der Waals surface area contributed by atoms with Crippen LogP contribution in [0.1, 0.15) is 43.0 Å². The van der Waals surface area contributed by atoms with Crippen LogP contribution in [0.25, 0.3) is 0 Å². The summed E-state index contributed by atoms with van der Waals surface area (Å²) >= 11 is 0. The summed E-state index contributed by atoms with van der Waals surface area (Å²) in [6.45, 7) is 4.28. The van der Waals surface area contributed by atoms with E-state index in [4.69, 9.17) is 0 Å². The van der Waals surface area contributed by atoms with Crippen molar-refractivity contribution in [3.63, 3.8) is 0 Å². The number of nitrogens with zero attached hydrogens (tertiary/aromatic N) is 1. The van der Waals surface area contributed by atoms with Crippen molar-refractivity contribution in [1.82, 2.24) is 0 Å². The van der Waals surface area contributed by atoms with Gasteiger partial charge in [0, 0.05) is 11.4 Å². The molecule has 1 atom stereocenters. The highest BCUT2D eigenvalue weighted by atomic mass is 32.2. The molecule has 1 unspecified atom stereocenters. The van der Waals surface area contributed by atoms with E-state index in [-0.39, 0.29) is 16.4 Å². The van der Waals surface area contributed by atoms with Gasteiger partial charge in [-0.05, 0) is 77.6 Å². The highest BCUT2D eigenvalue weighted by molar-refractivity contribution is 7.92. The molecule has 0 saturated carbocycles. The summed E-state index contributed by atoms with van der Waals surface area (Å²) < 4.78 is 41.0. The van der Waals surface area contributed by atoms with Gasteiger partial charge >= 0.3 is 0 Å². The molecule has 3 aromatic carbocycles. The molecule has 0 aliphatic carbocycles. The second-order valence-electron chi connectivity index (χ2n) is 8.34. The van der Waals surface area contributed by atoms with Gasteiger partial charge in [0.05, 0.1) is 22.6 Å². The molecule has 2 N–H and O–H groups in total. The summed E-state index contributed by atoms with van der Waals surface area (Å²) in [6.07, 6.45) is 0.781. The smallest absolute Gasteiger partial charge is 0.261 e. The van der Waals surface area contributed by atoms with Crippen molar-refractivity contribution >= 4 is 21.4 Å². The van der Waals surface area contributed by atoms with Crippen LogP contribution in [-0.2, 0) is 15.4 Å². The summed E-state index contributed by atoms with van der Waals surface area (Å²) in [4.78, 5) is -0.00143. The first-order chi connectivity index (χ1) is 14.7. The lowest BCUT2D eigenvalue weighted by Gasteiger charge is -2.39. The Morgan fingerprint density at radius 3 is 2.55 bits per heavy atom. The number of fused-ring (bicyclic) bond motifs is 1. The molecule has 0 saturated heterocycles. The van der Waals surface area contributed by atoms with Crippen LogP contribution in [0.15, 0.2) is 71.6 Å². The minimum atomic E-state index is -3.82. The molecule has 0 spiro atoms. The SMILES string of the molecule is CC1(C)CC(c2cccc(NS(=O)(=O)c3ccc(F)cc3)c2)Nc2ccc(C#N)cc21. The lowest BCUT2D eigenvalue weighted by atomic mass is 9.73. The van der Waals surface area contributed by atoms with Gasteiger partial charge in [-0.3, -0.25) is 4.72 Å². The zero-order chi connectivity index (χ0) is 22.2. The monoisotopic (exact) mass is 435 g/mol. The Balaban J connectivity index is 1.61. The van der Waals surface area contributed by atoms with Gasteiger partial charge in [0.1, 0.15) is 5.82 Å². The van der Waals surface area contributed by atoms with E-state index in [0.717, 1.165) is 35.4 Å². The maximum atomic E-state index is 13.1. The molecule has 3 aromatic rings. The number of hydrogen-bond donors (Lipinski definition) is 2. The van der Waals surface area contributed by atoms with Crippen LogP contribution in [-0.4, -0.2) is 8.42 Å². The quantitative estimate of drug-likeness (QED) is 0.580. The average molecular weight is 436 g/mol. The number of rotatable bonds is 4. The van der Waals surface area contributed by atoms with Crippen LogP contribution in [0.2, 0.25) is 0 Å². The van der Waals surface area contributed by atoms with Crippen molar-refractivity contribution in [3.05, 3.63) is 89.2 Å². The number of halogens is 1. The zero-order valence-corrected chi connectivity index (χ0v) is 18.0. The molecule has 4 rings (SSSR count). The Morgan fingerprint density at radius 2 is 1.84 bits per heavy atom. The van der Waals surface area contributed by atoms with Crippen LogP contribution in [0.4, 0.5) is 15.8 Å². The highest BCUT2D eigenvalue weighted by Gasteiger charge is 2.33. The van der Waals surface area contributed by atoms with Crippen molar-refractivity contribution < 1.29 is 12.8 Å². The number of hydrogen-bond acceptors (Lipinski definition) is 4. The summed E-state index contributed by atoms with van der Waals surface area (Å²) in [6, 6.07) is 19.8. The van der Waals surface area contributed by atoms with Gasteiger partial charge in [0.25, 0.3) is 10.0 Å². The molecule has 0 fully saturated rings. The molecule has 1 heterocycles. The first-order valence-corrected chi connectivity index (χ1v) is 11.4. The number of nitriles is 1. The van der Waals surface area contributed by atoms with E-state index >= 15 is 0 Å². The molecule has 1 aliphatic heterocycles. The fraction of sp³-hybridized carbons (Fsp3) is 0.208. The Morgan fingerprint density at radius 1 is 1.10 bits per heavy atom. The van der Waals surface area contributed by atoms with E-state index in [2.05, 4.69) is 30.0 Å². The van der Waals surface area contributed by atoms with Gasteiger partial charge in [0.15, 0.2) is 0 Å². The van der Waals surface area contributed by atoms with Gasteiger partial charge in [0.2, 0.25) is 0 Å². The van der Waals surface area contributed by atoms with Crippen LogP contribution in [0, 0.1) is 17.1 Å². The van der Waals surface area contributed by atoms with Gasteiger partial charge in [-0.1, -0.05) is 26.0 Å². The first-order valence-electron chi connectivity index (χ1n) is 9.87. The van der Waals surface area contributed by atoms with Crippen molar-refractivity contribution in [2.75, 3.05) is 10.0 Å². The second-order valence-corrected chi connectivity index (χ2v) is 10.0. The Kier molecular flexibility index (Phi) is 5.19. The number of nitrogens with one attached hydrogen (secondary N) is 2. The number of sulfonamides is 1. The fourth-order valence-electron chi connectivity index (χ4n) is 4.01. The van der Waals surface area contributed by atoms with Crippen LogP contribution in [0.5, 0.6) is 0 Å². The molecule has 31 heavy (non-hydrogen) atoms. The molecule has 0 bridgehead atoms. The number of anilines is 2. The molecule has 0 aromatic heterocycles. The van der Waals surface area contributed by atoms with Gasteiger partial charge < -0.3 is 5.32 Å². The maximum absolute atomic E-state index is 13.1. The van der Waals surface area contributed by atoms with Crippen molar-refractivity contribution in [3.8, 4) is 6.07 Å². The lowest BCUT2D eigenvalue weighted by Crippen LogP contribution is -2.31. The Hall–Kier alpha value is -3.37. The van der Waals surface area contributed by atoms with Crippen molar-refractivity contribution in [2.45, 2.75) is 36.6 Å². The predicted octanol–water partition coefficient (Wildman–Crippen LogP) is 5.33. The Labute approximate surface area is 181 Å². The summed E-state index contributed by atoms with van der Waals surface area (Å²) in [5.41, 5.74) is 3.91. The summed E-state index contributed by atoms with van der Waals surface area (Å²) in [5, 5.41) is 12.7. The van der Waals surface area contributed by atoms with Crippen LogP contribution in [0.3, 0.4) is 0 Å². The number of benzene rings is 3. The minimum absolute atomic E-state index is 0.00143. The van der Waals surface area contributed by atoms with E-state index in [1.807, 2.05) is 24.3 Å². The molecule has 158 valence electrons. The lowest BCUT2D eigenvalue weighted by molar-refractivity contribution is 0.427. The summed E-state index contributed by atoms with van der Waals surface area (Å²) in [5.74, 6) is -0.492. The molecule has 0 radical (unpaired) electrons. The minimum Gasteiger partial charge on any atom is -0.378 e. The largest absolute Gasteiger partial charge is 0.378 e. The molecule has 7 heteroatoms. The fourth-order valence-corrected chi connectivity index (χ4v) is 5.06. The van der Waals surface area contributed by atoms with Crippen LogP contribution < -0.4 is 10.0 Å². The van der Waals surface area contributed by atoms with Gasteiger partial charge in [-0.2, -0.15) is 5.26 Å². The molecular formula is C24H22FN3O2S. The first kappa shape index (κ1) is 20.9. The zero-order valence-electron chi connectivity index (χ0n) is 17.2. The second kappa shape index (κ2) is 7.71. The third kappa shape index (κ3) is 4.25. The van der Waals surface area contributed by atoms with E-state index in [1.54, 1.807) is 18.2 Å². The van der Waals surface area contributed by atoms with Crippen molar-refractivity contribution in [2.24, 2.45) is 0 Å². The van der Waals surface area contributed by atoms with E-state index in [1.165, 1.54) is 12.1 Å². The summed E-state index contributed by atoms with van der Waals surface area (Å²) in [7, 11) is -3.82. The maximum Gasteiger partial charge on any atom is 0.261 e. The van der Waals surface area contributed by atoms with Crippen LogP contribution >= 0.6 is 0 Å². The molecular weight excluding hydrogens is 413 g/mol.